The van der Waals surface area contributed by atoms with E-state index in [2.05, 4.69) is 4.98 Å². The molecular weight excluding hydrogens is 399 g/mol. The van der Waals surface area contributed by atoms with E-state index in [0.717, 1.165) is 19.3 Å². The molecular formula is C21H18Cl2N2O3. The van der Waals surface area contributed by atoms with Crippen LogP contribution in [0.2, 0.25) is 10.0 Å². The monoisotopic (exact) mass is 416 g/mol. The van der Waals surface area contributed by atoms with Gasteiger partial charge in [0, 0.05) is 39.7 Å². The van der Waals surface area contributed by atoms with E-state index < -0.39 is 0 Å². The molecule has 1 aliphatic heterocycles. The first-order chi connectivity index (χ1) is 13.4. The highest BCUT2D eigenvalue weighted by Crippen LogP contribution is 2.46. The Labute approximate surface area is 171 Å². The van der Waals surface area contributed by atoms with Gasteiger partial charge in [-0.25, -0.2) is 4.98 Å². The number of halogens is 2. The number of likely N-dealkylation sites (tertiary alicyclic amines) is 1. The molecule has 0 radical (unpaired) electrons. The molecule has 2 heterocycles. The third kappa shape index (κ3) is 3.08. The normalized spacial score (nSPS) is 20.7. The number of benzene rings is 2. The van der Waals surface area contributed by atoms with E-state index in [-0.39, 0.29) is 17.4 Å². The predicted octanol–water partition coefficient (Wildman–Crippen LogP) is 4.79. The summed E-state index contributed by atoms with van der Waals surface area (Å²) in [5.41, 5.74) is 2.59. The van der Waals surface area contributed by atoms with Crippen LogP contribution in [-0.4, -0.2) is 40.1 Å². The van der Waals surface area contributed by atoms with E-state index in [4.69, 9.17) is 27.6 Å². The molecule has 1 saturated heterocycles. The van der Waals surface area contributed by atoms with Crippen molar-refractivity contribution in [2.75, 3.05) is 13.1 Å². The Bertz CT molecular complexity index is 1070. The Balaban J connectivity index is 1.39. The first-order valence-electron chi connectivity index (χ1n) is 9.25. The van der Waals surface area contributed by atoms with E-state index in [0.29, 0.717) is 51.3 Å². The smallest absolute Gasteiger partial charge is 0.254 e. The molecule has 1 spiro atoms. The zero-order valence-corrected chi connectivity index (χ0v) is 16.5. The van der Waals surface area contributed by atoms with E-state index in [1.54, 1.807) is 36.4 Å². The molecule has 5 nitrogen and oxygen atoms in total. The van der Waals surface area contributed by atoms with Gasteiger partial charge in [-0.1, -0.05) is 23.2 Å². The number of amides is 1. The number of aliphatic hydroxyl groups excluding tert-OH is 1. The van der Waals surface area contributed by atoms with Gasteiger partial charge in [0.1, 0.15) is 5.52 Å². The Kier molecular flexibility index (Phi) is 4.16. The lowest BCUT2D eigenvalue weighted by Gasteiger charge is -2.48. The topological polar surface area (TPSA) is 66.6 Å². The third-order valence-electron chi connectivity index (χ3n) is 5.76. The van der Waals surface area contributed by atoms with Crippen LogP contribution in [0.15, 0.2) is 40.8 Å². The van der Waals surface area contributed by atoms with Gasteiger partial charge in [-0.05, 0) is 55.7 Å². The molecule has 1 aromatic heterocycles. The van der Waals surface area contributed by atoms with Gasteiger partial charge >= 0.3 is 0 Å². The lowest BCUT2D eigenvalue weighted by atomic mass is 9.78. The van der Waals surface area contributed by atoms with Crippen LogP contribution >= 0.6 is 23.2 Å². The maximum Gasteiger partial charge on any atom is 0.254 e. The summed E-state index contributed by atoms with van der Waals surface area (Å²) < 4.78 is 5.86. The van der Waals surface area contributed by atoms with Crippen LogP contribution in [0.25, 0.3) is 22.6 Å². The lowest BCUT2D eigenvalue weighted by Crippen LogP contribution is -2.57. The molecule has 1 saturated carbocycles. The number of fused-ring (bicyclic) bond motifs is 1. The van der Waals surface area contributed by atoms with Gasteiger partial charge in [-0.2, -0.15) is 0 Å². The number of hydrogen-bond donors (Lipinski definition) is 1. The van der Waals surface area contributed by atoms with Crippen molar-refractivity contribution in [2.45, 2.75) is 25.4 Å². The SMILES string of the molecule is O=C(c1ccc2nc(-c3cc(Cl)cc(Cl)c3)oc2c1)N1CC2(CCC(O)C2)C1. The highest BCUT2D eigenvalue weighted by atomic mass is 35.5. The number of carbonyl (C=O) groups excluding carboxylic acids is 1. The Morgan fingerprint density at radius 3 is 2.61 bits per heavy atom. The molecule has 0 bridgehead atoms. The fraction of sp³-hybridized carbons (Fsp3) is 0.333. The number of aromatic nitrogens is 1. The second kappa shape index (κ2) is 6.48. The lowest BCUT2D eigenvalue weighted by molar-refractivity contribution is 0.00242. The largest absolute Gasteiger partial charge is 0.436 e. The van der Waals surface area contributed by atoms with Crippen LogP contribution in [0.3, 0.4) is 0 Å². The summed E-state index contributed by atoms with van der Waals surface area (Å²) in [6, 6.07) is 10.4. The molecule has 144 valence electrons. The minimum absolute atomic E-state index is 0.0161. The fourth-order valence-electron chi connectivity index (χ4n) is 4.41. The molecule has 7 heteroatoms. The molecule has 3 aromatic rings. The van der Waals surface area contributed by atoms with Crippen molar-refractivity contribution in [1.29, 1.82) is 0 Å². The number of hydrogen-bond acceptors (Lipinski definition) is 4. The zero-order valence-electron chi connectivity index (χ0n) is 15.0. The van der Waals surface area contributed by atoms with E-state index in [1.165, 1.54) is 0 Å². The molecule has 1 unspecified atom stereocenters. The second-order valence-electron chi connectivity index (χ2n) is 7.92. The van der Waals surface area contributed by atoms with Crippen molar-refractivity contribution in [3.63, 3.8) is 0 Å². The van der Waals surface area contributed by atoms with Crippen LogP contribution in [0.4, 0.5) is 0 Å². The predicted molar refractivity (Wildman–Crippen MR) is 108 cm³/mol. The summed E-state index contributed by atoms with van der Waals surface area (Å²) in [4.78, 5) is 19.1. The van der Waals surface area contributed by atoms with Crippen LogP contribution in [-0.2, 0) is 0 Å². The maximum absolute atomic E-state index is 12.8. The van der Waals surface area contributed by atoms with Crippen molar-refractivity contribution in [3.8, 4) is 11.5 Å². The average molecular weight is 417 g/mol. The first kappa shape index (κ1) is 18.0. The first-order valence-corrected chi connectivity index (χ1v) is 10.0. The summed E-state index contributed by atoms with van der Waals surface area (Å²) in [5.74, 6) is 0.393. The van der Waals surface area contributed by atoms with Gasteiger partial charge in [0.2, 0.25) is 5.89 Å². The molecule has 2 aromatic carbocycles. The third-order valence-corrected chi connectivity index (χ3v) is 6.20. The van der Waals surface area contributed by atoms with Gasteiger partial charge in [-0.3, -0.25) is 4.79 Å². The number of nitrogens with zero attached hydrogens (tertiary/aromatic N) is 2. The van der Waals surface area contributed by atoms with Crippen LogP contribution in [0.1, 0.15) is 29.6 Å². The Hall–Kier alpha value is -2.08. The summed E-state index contributed by atoms with van der Waals surface area (Å²) >= 11 is 12.1. The van der Waals surface area contributed by atoms with Gasteiger partial charge in [0.25, 0.3) is 5.91 Å². The van der Waals surface area contributed by atoms with E-state index >= 15 is 0 Å². The van der Waals surface area contributed by atoms with Crippen molar-refractivity contribution in [3.05, 3.63) is 52.0 Å². The number of carbonyl (C=O) groups is 1. The standard InChI is InChI=1S/C21H18Cl2N2O3/c22-14-5-13(6-15(23)8-14)19-24-17-2-1-12(7-18(17)28-19)20(27)25-10-21(11-25)4-3-16(26)9-21/h1-2,5-8,16,26H,3-4,9-11H2. The van der Waals surface area contributed by atoms with Crippen LogP contribution < -0.4 is 0 Å². The molecule has 1 N–H and O–H groups in total. The zero-order chi connectivity index (χ0) is 19.5. The van der Waals surface area contributed by atoms with Crippen molar-refractivity contribution in [1.82, 2.24) is 9.88 Å². The second-order valence-corrected chi connectivity index (χ2v) is 8.79. The van der Waals surface area contributed by atoms with Gasteiger partial charge in [0.15, 0.2) is 5.58 Å². The molecule has 2 aliphatic rings. The summed E-state index contributed by atoms with van der Waals surface area (Å²) in [7, 11) is 0. The van der Waals surface area contributed by atoms with Crippen LogP contribution in [0.5, 0.6) is 0 Å². The molecule has 1 atom stereocenters. The Morgan fingerprint density at radius 2 is 1.93 bits per heavy atom. The average Bonchev–Trinajstić information content (AvgIpc) is 3.22. The van der Waals surface area contributed by atoms with E-state index in [1.807, 2.05) is 4.90 Å². The molecule has 1 aliphatic carbocycles. The fourth-order valence-corrected chi connectivity index (χ4v) is 4.94. The van der Waals surface area contributed by atoms with Crippen molar-refractivity contribution < 1.29 is 14.3 Å². The summed E-state index contributed by atoms with van der Waals surface area (Å²) in [6.45, 7) is 1.42. The molecule has 2 fully saturated rings. The highest BCUT2D eigenvalue weighted by molar-refractivity contribution is 6.35. The Morgan fingerprint density at radius 1 is 1.18 bits per heavy atom. The molecule has 28 heavy (non-hydrogen) atoms. The van der Waals surface area contributed by atoms with Crippen molar-refractivity contribution >= 4 is 40.2 Å². The minimum Gasteiger partial charge on any atom is -0.436 e. The quantitative estimate of drug-likeness (QED) is 0.651. The molecule has 1 amide bonds. The molecule has 5 rings (SSSR count). The number of aliphatic hydroxyl groups is 1. The summed E-state index contributed by atoms with van der Waals surface area (Å²) in [6.07, 6.45) is 2.40. The van der Waals surface area contributed by atoms with Gasteiger partial charge in [0.05, 0.1) is 6.10 Å². The van der Waals surface area contributed by atoms with E-state index in [9.17, 15) is 9.90 Å². The maximum atomic E-state index is 12.8. The van der Waals surface area contributed by atoms with Crippen molar-refractivity contribution in [2.24, 2.45) is 5.41 Å². The van der Waals surface area contributed by atoms with Crippen LogP contribution in [0, 0.1) is 5.41 Å². The van der Waals surface area contributed by atoms with Gasteiger partial charge < -0.3 is 14.4 Å². The minimum atomic E-state index is -0.221. The number of rotatable bonds is 2. The van der Waals surface area contributed by atoms with Gasteiger partial charge in [-0.15, -0.1) is 0 Å². The number of oxazole rings is 1. The summed E-state index contributed by atoms with van der Waals surface area (Å²) in [5, 5.41) is 10.8. The highest BCUT2D eigenvalue weighted by Gasteiger charge is 2.49.